The third kappa shape index (κ3) is 4.49. The van der Waals surface area contributed by atoms with Gasteiger partial charge in [-0.15, -0.1) is 0 Å². The van der Waals surface area contributed by atoms with E-state index in [1.54, 1.807) is 23.1 Å². The molecule has 1 atom stereocenters. The number of fused-ring (bicyclic) bond motifs is 3. The molecule has 0 aromatic heterocycles. The highest BCUT2D eigenvalue weighted by Gasteiger charge is 2.40. The molecular formula is C26H29ClN4O3. The molecule has 3 aliphatic heterocycles. The van der Waals surface area contributed by atoms with Crippen molar-refractivity contribution in [3.8, 4) is 0 Å². The maximum Gasteiger partial charge on any atom is 0.253 e. The molecule has 3 amide bonds. The smallest absolute Gasteiger partial charge is 0.253 e. The van der Waals surface area contributed by atoms with Crippen LogP contribution in [0.15, 0.2) is 42.5 Å². The Bertz CT molecular complexity index is 1110. The fraction of sp³-hybridized carbons (Fsp3) is 0.423. The van der Waals surface area contributed by atoms with Crippen LogP contribution < -0.4 is 15.1 Å². The predicted octanol–water partition coefficient (Wildman–Crippen LogP) is 3.60. The van der Waals surface area contributed by atoms with E-state index in [2.05, 4.69) is 10.2 Å². The van der Waals surface area contributed by atoms with Crippen LogP contribution in [0, 0.1) is 0 Å². The molecule has 3 aliphatic rings. The van der Waals surface area contributed by atoms with Gasteiger partial charge in [-0.25, -0.2) is 0 Å². The third-order valence-corrected chi connectivity index (χ3v) is 7.19. The zero-order chi connectivity index (χ0) is 23.7. The molecule has 2 aromatic rings. The first-order valence-corrected chi connectivity index (χ1v) is 12.4. The molecule has 0 radical (unpaired) electrons. The van der Waals surface area contributed by atoms with E-state index in [0.717, 1.165) is 63.0 Å². The number of piperidine rings is 1. The van der Waals surface area contributed by atoms with Gasteiger partial charge in [0.25, 0.3) is 5.91 Å². The topological polar surface area (TPSA) is 73.0 Å². The first-order valence-electron chi connectivity index (χ1n) is 12.0. The number of carbonyl (C=O) groups is 3. The number of halogens is 1. The van der Waals surface area contributed by atoms with E-state index in [9.17, 15) is 14.4 Å². The van der Waals surface area contributed by atoms with Gasteiger partial charge in [-0.1, -0.05) is 23.7 Å². The van der Waals surface area contributed by atoms with Crippen LogP contribution >= 0.6 is 11.6 Å². The summed E-state index contributed by atoms with van der Waals surface area (Å²) in [6.45, 7) is 2.57. The van der Waals surface area contributed by atoms with E-state index in [0.29, 0.717) is 22.8 Å². The van der Waals surface area contributed by atoms with Gasteiger partial charge in [-0.05, 0) is 68.0 Å². The molecule has 2 saturated heterocycles. The Hall–Kier alpha value is -3.06. The van der Waals surface area contributed by atoms with Gasteiger partial charge in [0.1, 0.15) is 12.6 Å². The van der Waals surface area contributed by atoms with Gasteiger partial charge in [0.15, 0.2) is 0 Å². The number of hydrogen-bond acceptors (Lipinski definition) is 4. The minimum atomic E-state index is -0.262. The first-order chi connectivity index (χ1) is 16.5. The standard InChI is InChI=1S/C26H29ClN4O3/c27-20-7-5-6-18(14-20)16-28-24(32)17-31-23-15-19(25(33)29-11-3-4-12-29)9-10-21(23)30-13-2-1-8-22(30)26(31)34/h5-7,9-10,14-15,22H,1-4,8,11-13,16-17H2,(H,28,32)/t22-/m0/s1. The molecule has 2 aromatic carbocycles. The van der Waals surface area contributed by atoms with E-state index in [1.165, 1.54) is 0 Å². The number of hydrogen-bond donors (Lipinski definition) is 1. The zero-order valence-electron chi connectivity index (χ0n) is 19.1. The Morgan fingerprint density at radius 3 is 2.56 bits per heavy atom. The predicted molar refractivity (Wildman–Crippen MR) is 132 cm³/mol. The highest BCUT2D eigenvalue weighted by atomic mass is 35.5. The Morgan fingerprint density at radius 2 is 1.76 bits per heavy atom. The summed E-state index contributed by atoms with van der Waals surface area (Å²) in [5, 5.41) is 3.51. The Morgan fingerprint density at radius 1 is 0.971 bits per heavy atom. The third-order valence-electron chi connectivity index (χ3n) is 6.95. The van der Waals surface area contributed by atoms with Gasteiger partial charge < -0.3 is 15.1 Å². The highest BCUT2D eigenvalue weighted by Crippen LogP contribution is 2.40. The second-order valence-corrected chi connectivity index (χ2v) is 9.68. The molecule has 7 nitrogen and oxygen atoms in total. The SMILES string of the molecule is O=C(CN1C(=O)[C@@H]2CCCCN2c2ccc(C(=O)N3CCCC3)cc21)NCc1cccc(Cl)c1. The molecule has 0 bridgehead atoms. The normalized spacial score (nSPS) is 19.6. The number of amides is 3. The van der Waals surface area contributed by atoms with E-state index >= 15 is 0 Å². The van der Waals surface area contributed by atoms with Gasteiger partial charge in [0.05, 0.1) is 11.4 Å². The minimum Gasteiger partial charge on any atom is -0.358 e. The number of benzene rings is 2. The van der Waals surface area contributed by atoms with Crippen molar-refractivity contribution in [2.75, 3.05) is 36.0 Å². The average molecular weight is 481 g/mol. The van der Waals surface area contributed by atoms with Crippen LogP contribution in [0.2, 0.25) is 5.02 Å². The summed E-state index contributed by atoms with van der Waals surface area (Å²) in [4.78, 5) is 45.0. The van der Waals surface area contributed by atoms with E-state index in [1.807, 2.05) is 29.2 Å². The molecule has 1 N–H and O–H groups in total. The average Bonchev–Trinajstić information content (AvgIpc) is 3.40. The molecular weight excluding hydrogens is 452 g/mol. The van der Waals surface area contributed by atoms with Crippen molar-refractivity contribution in [1.29, 1.82) is 0 Å². The van der Waals surface area contributed by atoms with Crippen molar-refractivity contribution in [2.24, 2.45) is 0 Å². The molecule has 0 aliphatic carbocycles. The molecule has 3 heterocycles. The number of nitrogens with one attached hydrogen (secondary N) is 1. The molecule has 34 heavy (non-hydrogen) atoms. The van der Waals surface area contributed by atoms with E-state index < -0.39 is 0 Å². The second-order valence-electron chi connectivity index (χ2n) is 9.24. The molecule has 2 fully saturated rings. The summed E-state index contributed by atoms with van der Waals surface area (Å²) in [6, 6.07) is 12.7. The Labute approximate surface area is 204 Å². The fourth-order valence-electron chi connectivity index (χ4n) is 5.20. The number of carbonyl (C=O) groups excluding carboxylic acids is 3. The minimum absolute atomic E-state index is 0.0149. The maximum atomic E-state index is 13.5. The first kappa shape index (κ1) is 22.7. The van der Waals surface area contributed by atoms with E-state index in [4.69, 9.17) is 11.6 Å². The quantitative estimate of drug-likeness (QED) is 0.709. The van der Waals surface area contributed by atoms with Crippen molar-refractivity contribution in [3.63, 3.8) is 0 Å². The van der Waals surface area contributed by atoms with Crippen LogP contribution in [0.3, 0.4) is 0 Å². The summed E-state index contributed by atoms with van der Waals surface area (Å²) < 4.78 is 0. The van der Waals surface area contributed by atoms with E-state index in [-0.39, 0.29) is 30.3 Å². The molecule has 5 rings (SSSR count). The van der Waals surface area contributed by atoms with Crippen molar-refractivity contribution in [1.82, 2.24) is 10.2 Å². The van der Waals surface area contributed by atoms with Crippen molar-refractivity contribution >= 4 is 40.7 Å². The maximum absolute atomic E-state index is 13.5. The van der Waals surface area contributed by atoms with Crippen molar-refractivity contribution < 1.29 is 14.4 Å². The van der Waals surface area contributed by atoms with Crippen LogP contribution in [0.25, 0.3) is 0 Å². The molecule has 0 spiro atoms. The van der Waals surface area contributed by atoms with Crippen LogP contribution in [-0.2, 0) is 16.1 Å². The summed E-state index contributed by atoms with van der Waals surface area (Å²) in [6.07, 6.45) is 4.82. The molecule has 0 unspecified atom stereocenters. The number of nitrogens with zero attached hydrogens (tertiary/aromatic N) is 3. The Kier molecular flexibility index (Phi) is 6.46. The van der Waals surface area contributed by atoms with Crippen LogP contribution in [0.5, 0.6) is 0 Å². The van der Waals surface area contributed by atoms with Crippen LogP contribution in [0.1, 0.15) is 48.0 Å². The van der Waals surface area contributed by atoms with Gasteiger partial charge in [-0.2, -0.15) is 0 Å². The summed E-state index contributed by atoms with van der Waals surface area (Å²) in [7, 11) is 0. The lowest BCUT2D eigenvalue weighted by Gasteiger charge is -2.45. The second kappa shape index (κ2) is 9.66. The monoisotopic (exact) mass is 480 g/mol. The van der Waals surface area contributed by atoms with Gasteiger partial charge in [0.2, 0.25) is 11.8 Å². The van der Waals surface area contributed by atoms with Crippen molar-refractivity contribution in [3.05, 3.63) is 58.6 Å². The molecule has 8 heteroatoms. The largest absolute Gasteiger partial charge is 0.358 e. The number of anilines is 2. The number of likely N-dealkylation sites (tertiary alicyclic amines) is 1. The lowest BCUT2D eigenvalue weighted by atomic mass is 9.95. The Balaban J connectivity index is 1.40. The summed E-state index contributed by atoms with van der Waals surface area (Å²) >= 11 is 6.04. The summed E-state index contributed by atoms with van der Waals surface area (Å²) in [5.74, 6) is -0.338. The number of rotatable bonds is 5. The molecule has 178 valence electrons. The molecule has 0 saturated carbocycles. The van der Waals surface area contributed by atoms with Gasteiger partial charge in [-0.3, -0.25) is 19.3 Å². The lowest BCUT2D eigenvalue weighted by Crippen LogP contribution is -2.57. The lowest BCUT2D eigenvalue weighted by molar-refractivity contribution is -0.125. The summed E-state index contributed by atoms with van der Waals surface area (Å²) in [5.41, 5.74) is 3.02. The highest BCUT2D eigenvalue weighted by molar-refractivity contribution is 6.30. The fourth-order valence-corrected chi connectivity index (χ4v) is 5.42. The van der Waals surface area contributed by atoms with Gasteiger partial charge in [0, 0.05) is 36.8 Å². The van der Waals surface area contributed by atoms with Crippen LogP contribution in [-0.4, -0.2) is 54.8 Å². The van der Waals surface area contributed by atoms with Crippen molar-refractivity contribution in [2.45, 2.75) is 44.7 Å². The zero-order valence-corrected chi connectivity index (χ0v) is 19.9. The van der Waals surface area contributed by atoms with Crippen LogP contribution in [0.4, 0.5) is 11.4 Å². The van der Waals surface area contributed by atoms with Gasteiger partial charge >= 0.3 is 0 Å².